The summed E-state index contributed by atoms with van der Waals surface area (Å²) in [5.41, 5.74) is 8.05. The van der Waals surface area contributed by atoms with Crippen molar-refractivity contribution in [2.45, 2.75) is 12.0 Å². The molecule has 9 rings (SSSR count). The van der Waals surface area contributed by atoms with Crippen molar-refractivity contribution in [1.29, 1.82) is 0 Å². The number of fused-ring (bicyclic) bond motifs is 6. The minimum Gasteiger partial charge on any atom is -0.477 e. The molecule has 4 aromatic carbocycles. The number of aliphatic imine (C=N–C) groups is 2. The molecule has 8 heteroatoms. The molecule has 56 heavy (non-hydrogen) atoms. The molecule has 1 atom stereocenters. The molecule has 270 valence electrons. The van der Waals surface area contributed by atoms with E-state index in [1.807, 2.05) is 140 Å². The molecule has 0 fully saturated rings. The molecule has 1 unspecified atom stereocenters. The average Bonchev–Trinajstić information content (AvgIpc) is 4.06. The summed E-state index contributed by atoms with van der Waals surface area (Å²) < 4.78 is 0. The van der Waals surface area contributed by atoms with Crippen molar-refractivity contribution in [2.24, 2.45) is 9.98 Å². The van der Waals surface area contributed by atoms with Gasteiger partial charge in [-0.25, -0.2) is 19.6 Å². The van der Waals surface area contributed by atoms with Crippen LogP contribution in [0.5, 0.6) is 0 Å². The van der Waals surface area contributed by atoms with Gasteiger partial charge in [0.1, 0.15) is 5.57 Å². The molecule has 0 aliphatic carbocycles. The van der Waals surface area contributed by atoms with E-state index < -0.39 is 23.1 Å². The number of nitrogens with zero attached hydrogens (tertiary/aromatic N) is 2. The second kappa shape index (κ2) is 14.0. The summed E-state index contributed by atoms with van der Waals surface area (Å²) in [6.45, 7) is 0. The molecule has 8 nitrogen and oxygen atoms in total. The first-order chi connectivity index (χ1) is 27.4. The molecular weight excluding hydrogens is 697 g/mol. The topological polar surface area (TPSA) is 127 Å². The fraction of sp³-hybridized carbons (Fsp3) is 0.0417. The molecule has 5 heterocycles. The van der Waals surface area contributed by atoms with E-state index in [9.17, 15) is 19.8 Å². The lowest BCUT2D eigenvalue weighted by Crippen LogP contribution is -2.42. The number of aromatic amines is 1. The van der Waals surface area contributed by atoms with Gasteiger partial charge in [-0.2, -0.15) is 0 Å². The molecule has 4 aliphatic rings. The number of nitrogens with one attached hydrogen (secondary N) is 2. The number of hydrogen-bond donors (Lipinski definition) is 4. The van der Waals surface area contributed by atoms with Crippen LogP contribution in [-0.4, -0.2) is 44.1 Å². The minimum atomic E-state index is -1.54. The maximum Gasteiger partial charge on any atom is 0.342 e. The Bertz CT molecular complexity index is 2800. The van der Waals surface area contributed by atoms with Crippen LogP contribution >= 0.6 is 0 Å². The SMILES string of the molecule is O=C(O)C(=CC12CC=C(N1)/C(c1ccccc1)=C1/C=CC(=N1)/C(c1ccccc1)=c1/cc/c([nH]1)=C(\c1ccccc1)C1=N/C(=C\2c2ccccc2)C=C1)C(=O)O. The third kappa shape index (κ3) is 6.09. The summed E-state index contributed by atoms with van der Waals surface area (Å²) >= 11 is 0. The summed E-state index contributed by atoms with van der Waals surface area (Å²) in [4.78, 5) is 39.6. The molecule has 0 saturated heterocycles. The van der Waals surface area contributed by atoms with Crippen molar-refractivity contribution in [2.75, 3.05) is 0 Å². The number of allylic oxidation sites excluding steroid dienone is 5. The first-order valence-corrected chi connectivity index (χ1v) is 18.3. The Labute approximate surface area is 322 Å². The van der Waals surface area contributed by atoms with Crippen molar-refractivity contribution < 1.29 is 19.8 Å². The van der Waals surface area contributed by atoms with E-state index in [-0.39, 0.29) is 6.42 Å². The van der Waals surface area contributed by atoms with Gasteiger partial charge in [0.15, 0.2) is 0 Å². The Hall–Kier alpha value is -7.58. The Morgan fingerprint density at radius 1 is 0.554 bits per heavy atom. The van der Waals surface area contributed by atoms with Gasteiger partial charge in [0.05, 0.1) is 28.4 Å². The van der Waals surface area contributed by atoms with Gasteiger partial charge in [0, 0.05) is 38.7 Å². The van der Waals surface area contributed by atoms with Gasteiger partial charge in [-0.3, -0.25) is 0 Å². The van der Waals surface area contributed by atoms with Gasteiger partial charge in [-0.15, -0.1) is 0 Å². The zero-order chi connectivity index (χ0) is 38.2. The van der Waals surface area contributed by atoms with Gasteiger partial charge in [0.2, 0.25) is 0 Å². The molecule has 1 aromatic heterocycles. The van der Waals surface area contributed by atoms with E-state index in [2.05, 4.69) is 34.6 Å². The third-order valence-corrected chi connectivity index (χ3v) is 10.3. The Morgan fingerprint density at radius 2 is 1.00 bits per heavy atom. The number of carbonyl (C=O) groups is 2. The summed E-state index contributed by atoms with van der Waals surface area (Å²) in [6.07, 6.45) is 11.4. The molecule has 0 saturated carbocycles. The van der Waals surface area contributed by atoms with Crippen molar-refractivity contribution in [3.8, 4) is 0 Å². The number of rotatable bonds is 7. The number of aromatic nitrogens is 1. The van der Waals surface area contributed by atoms with Crippen LogP contribution in [-0.2, 0) is 9.59 Å². The highest BCUT2D eigenvalue weighted by atomic mass is 16.4. The smallest absolute Gasteiger partial charge is 0.342 e. The summed E-state index contributed by atoms with van der Waals surface area (Å²) in [5, 5.41) is 26.0. The van der Waals surface area contributed by atoms with Crippen LogP contribution in [0.1, 0.15) is 28.7 Å². The van der Waals surface area contributed by atoms with Crippen molar-refractivity contribution in [3.63, 3.8) is 0 Å². The van der Waals surface area contributed by atoms with Gasteiger partial charge in [-0.05, 0) is 71.2 Å². The lowest BCUT2D eigenvalue weighted by atomic mass is 9.80. The lowest BCUT2D eigenvalue weighted by Gasteiger charge is -2.33. The average molecular weight is 731 g/mol. The first-order valence-electron chi connectivity index (χ1n) is 18.3. The van der Waals surface area contributed by atoms with Crippen molar-refractivity contribution >= 4 is 45.7 Å². The Balaban J connectivity index is 1.43. The van der Waals surface area contributed by atoms with E-state index >= 15 is 0 Å². The quantitative estimate of drug-likeness (QED) is 0.0817. The molecular formula is C48H34N4O4. The van der Waals surface area contributed by atoms with Crippen LogP contribution in [0.15, 0.2) is 203 Å². The monoisotopic (exact) mass is 730 g/mol. The molecule has 4 aliphatic heterocycles. The second-order valence-electron chi connectivity index (χ2n) is 13.8. The predicted octanol–water partition coefficient (Wildman–Crippen LogP) is 6.98. The van der Waals surface area contributed by atoms with Crippen LogP contribution in [0.4, 0.5) is 0 Å². The van der Waals surface area contributed by atoms with Gasteiger partial charge in [0.25, 0.3) is 0 Å². The van der Waals surface area contributed by atoms with Crippen molar-refractivity contribution in [1.82, 2.24) is 10.3 Å². The van der Waals surface area contributed by atoms with Crippen LogP contribution < -0.4 is 16.0 Å². The highest BCUT2D eigenvalue weighted by Crippen LogP contribution is 2.45. The number of H-pyrrole nitrogens is 1. The number of benzene rings is 4. The summed E-state index contributed by atoms with van der Waals surface area (Å²) in [6, 6.07) is 43.8. The van der Waals surface area contributed by atoms with Crippen molar-refractivity contribution in [3.05, 3.63) is 226 Å². The molecule has 0 spiro atoms. The summed E-state index contributed by atoms with van der Waals surface area (Å²) in [5.74, 6) is -3.09. The predicted molar refractivity (Wildman–Crippen MR) is 220 cm³/mol. The normalized spacial score (nSPS) is 22.9. The molecule has 5 aromatic rings. The number of hydrogen-bond acceptors (Lipinski definition) is 5. The van der Waals surface area contributed by atoms with E-state index in [0.717, 1.165) is 55.4 Å². The van der Waals surface area contributed by atoms with Crippen LogP contribution in [0.2, 0.25) is 0 Å². The first kappa shape index (κ1) is 34.2. The van der Waals surface area contributed by atoms with E-state index in [1.54, 1.807) is 0 Å². The zero-order valence-electron chi connectivity index (χ0n) is 30.0. The van der Waals surface area contributed by atoms with Crippen LogP contribution in [0, 0.1) is 0 Å². The third-order valence-electron chi connectivity index (χ3n) is 10.3. The van der Waals surface area contributed by atoms with Crippen LogP contribution in [0.3, 0.4) is 0 Å². The van der Waals surface area contributed by atoms with Gasteiger partial charge < -0.3 is 20.5 Å². The van der Waals surface area contributed by atoms with E-state index in [0.29, 0.717) is 28.4 Å². The maximum absolute atomic E-state index is 12.6. The Kier molecular flexibility index (Phi) is 8.55. The minimum absolute atomic E-state index is 0.221. The number of aliphatic carboxylic acids is 2. The van der Waals surface area contributed by atoms with E-state index in [4.69, 9.17) is 9.98 Å². The largest absolute Gasteiger partial charge is 0.477 e. The molecule has 8 bridgehead atoms. The Morgan fingerprint density at radius 3 is 1.50 bits per heavy atom. The van der Waals surface area contributed by atoms with Gasteiger partial charge in [-0.1, -0.05) is 127 Å². The number of carboxylic acid groups (broad SMARTS) is 2. The van der Waals surface area contributed by atoms with Crippen LogP contribution in [0.25, 0.3) is 22.3 Å². The standard InChI is InChI=1S/C48H34N4O4/c53-46(54)34(47(55)56)29-48-28-27-40(52-48)44(32-17-9-3-10-18-32)39-24-23-36(50-39)42(30-13-5-1-6-14-30)35-21-22-37(49-35)43(31-15-7-2-8-16-31)38-25-26-41(51-38)45(48)33-19-11-4-12-20-33/h1-27,29,49,52H,28H2,(H,53,54)(H,55,56)/b42-35-,43-37-,44-39-,45-41-. The molecule has 0 radical (unpaired) electrons. The number of carboxylic acids is 2. The fourth-order valence-electron chi connectivity index (χ4n) is 7.91. The zero-order valence-corrected chi connectivity index (χ0v) is 30.0. The molecule has 0 amide bonds. The fourth-order valence-corrected chi connectivity index (χ4v) is 7.91. The van der Waals surface area contributed by atoms with Gasteiger partial charge >= 0.3 is 11.9 Å². The highest BCUT2D eigenvalue weighted by Gasteiger charge is 2.42. The summed E-state index contributed by atoms with van der Waals surface area (Å²) in [7, 11) is 0. The lowest BCUT2D eigenvalue weighted by molar-refractivity contribution is -0.140. The maximum atomic E-state index is 12.6. The highest BCUT2D eigenvalue weighted by molar-refractivity contribution is 6.31. The second-order valence-corrected chi connectivity index (χ2v) is 13.8. The molecule has 4 N–H and O–H groups in total. The van der Waals surface area contributed by atoms with E-state index in [1.165, 1.54) is 6.08 Å².